The average Bonchev–Trinajstić information content (AvgIpc) is 3.04. The SMILES string of the molecule is C[N+](C)(C)CCNC(=O)[C@H](CCC(=O)N[C@@H](CS)C(=O)NCC(=O)OCc1c(F)c(F)c(F)c(F)c1F)NC(=O)OCc1ccccc1Br. The fourth-order valence-corrected chi connectivity index (χ4v) is 4.50. The molecule has 0 radical (unpaired) electrons. The van der Waals surface area contributed by atoms with Crippen molar-refractivity contribution < 1.29 is 59.9 Å². The highest BCUT2D eigenvalue weighted by Gasteiger charge is 2.28. The molecule has 2 rings (SSSR count). The van der Waals surface area contributed by atoms with Crippen molar-refractivity contribution in [3.8, 4) is 0 Å². The van der Waals surface area contributed by atoms with Crippen LogP contribution in [0.5, 0.6) is 0 Å². The van der Waals surface area contributed by atoms with E-state index in [9.17, 15) is 45.9 Å². The molecular formula is C30H36BrF5N5O7S+. The lowest BCUT2D eigenvalue weighted by Gasteiger charge is -2.25. The number of alkyl carbamates (subject to hydrolysis) is 1. The fraction of sp³-hybridized carbons (Fsp3) is 0.433. The minimum Gasteiger partial charge on any atom is -0.459 e. The Morgan fingerprint density at radius 1 is 0.816 bits per heavy atom. The number of nitrogens with one attached hydrogen (secondary N) is 4. The highest BCUT2D eigenvalue weighted by Crippen LogP contribution is 2.23. The van der Waals surface area contributed by atoms with Gasteiger partial charge in [-0.2, -0.15) is 12.6 Å². The van der Waals surface area contributed by atoms with Crippen molar-refractivity contribution in [2.75, 3.05) is 46.5 Å². The van der Waals surface area contributed by atoms with E-state index in [1.807, 2.05) is 21.1 Å². The summed E-state index contributed by atoms with van der Waals surface area (Å²) in [6.45, 7) is -1.48. The summed E-state index contributed by atoms with van der Waals surface area (Å²) < 4.78 is 78.5. The van der Waals surface area contributed by atoms with Crippen molar-refractivity contribution in [2.24, 2.45) is 0 Å². The molecule has 49 heavy (non-hydrogen) atoms. The molecule has 2 atom stereocenters. The highest BCUT2D eigenvalue weighted by atomic mass is 79.9. The predicted molar refractivity (Wildman–Crippen MR) is 171 cm³/mol. The number of hydrogen-bond acceptors (Lipinski definition) is 8. The highest BCUT2D eigenvalue weighted by molar-refractivity contribution is 9.10. The molecule has 12 nitrogen and oxygen atoms in total. The van der Waals surface area contributed by atoms with Crippen LogP contribution < -0.4 is 21.3 Å². The molecule has 0 heterocycles. The van der Waals surface area contributed by atoms with Crippen molar-refractivity contribution in [1.29, 1.82) is 0 Å². The van der Waals surface area contributed by atoms with E-state index in [1.54, 1.807) is 24.3 Å². The first kappa shape index (κ1) is 41.2. The molecule has 4 N–H and O–H groups in total. The number of carbonyl (C=O) groups excluding carboxylic acids is 5. The maximum absolute atomic E-state index is 13.8. The van der Waals surface area contributed by atoms with Crippen molar-refractivity contribution in [3.05, 3.63) is 69.0 Å². The number of benzene rings is 2. The summed E-state index contributed by atoms with van der Waals surface area (Å²) in [6.07, 6.45) is -1.46. The van der Waals surface area contributed by atoms with E-state index < -0.39 is 89.7 Å². The minimum atomic E-state index is -2.38. The van der Waals surface area contributed by atoms with E-state index in [-0.39, 0.29) is 31.7 Å². The van der Waals surface area contributed by atoms with Gasteiger partial charge in [-0.3, -0.25) is 19.2 Å². The molecule has 2 aromatic carbocycles. The van der Waals surface area contributed by atoms with E-state index >= 15 is 0 Å². The van der Waals surface area contributed by atoms with Crippen molar-refractivity contribution >= 4 is 58.3 Å². The lowest BCUT2D eigenvalue weighted by atomic mass is 10.1. The number of halogens is 6. The van der Waals surface area contributed by atoms with Gasteiger partial charge in [0.2, 0.25) is 23.5 Å². The fourth-order valence-electron chi connectivity index (χ4n) is 3.85. The van der Waals surface area contributed by atoms with Gasteiger partial charge in [-0.1, -0.05) is 34.1 Å². The van der Waals surface area contributed by atoms with Gasteiger partial charge in [0.25, 0.3) is 0 Å². The van der Waals surface area contributed by atoms with Crippen LogP contribution in [0.15, 0.2) is 28.7 Å². The van der Waals surface area contributed by atoms with E-state index in [0.717, 1.165) is 0 Å². The van der Waals surface area contributed by atoms with Crippen LogP contribution in [0.2, 0.25) is 0 Å². The molecular weight excluding hydrogens is 749 g/mol. The Kier molecular flexibility index (Phi) is 16.2. The smallest absolute Gasteiger partial charge is 0.408 e. The van der Waals surface area contributed by atoms with Gasteiger partial charge < -0.3 is 35.2 Å². The lowest BCUT2D eigenvalue weighted by molar-refractivity contribution is -0.869. The second-order valence-electron chi connectivity index (χ2n) is 11.4. The Morgan fingerprint density at radius 2 is 1.41 bits per heavy atom. The summed E-state index contributed by atoms with van der Waals surface area (Å²) in [5.41, 5.74) is -0.712. The molecule has 0 spiro atoms. The lowest BCUT2D eigenvalue weighted by Crippen LogP contribution is -2.51. The topological polar surface area (TPSA) is 152 Å². The van der Waals surface area contributed by atoms with Crippen LogP contribution in [0.1, 0.15) is 24.0 Å². The van der Waals surface area contributed by atoms with Crippen LogP contribution in [0.3, 0.4) is 0 Å². The van der Waals surface area contributed by atoms with Gasteiger partial charge in [-0.25, -0.2) is 26.7 Å². The number of hydrogen-bond donors (Lipinski definition) is 5. The van der Waals surface area contributed by atoms with Gasteiger partial charge >= 0.3 is 12.1 Å². The molecule has 0 aliphatic carbocycles. The van der Waals surface area contributed by atoms with Crippen LogP contribution in [0.4, 0.5) is 26.7 Å². The van der Waals surface area contributed by atoms with Gasteiger partial charge in [-0.15, -0.1) is 0 Å². The third kappa shape index (κ3) is 13.5. The number of esters is 1. The summed E-state index contributed by atoms with van der Waals surface area (Å²) in [7, 11) is 5.76. The number of amides is 4. The van der Waals surface area contributed by atoms with Crippen molar-refractivity contribution in [3.63, 3.8) is 0 Å². The third-order valence-electron chi connectivity index (χ3n) is 6.59. The summed E-state index contributed by atoms with van der Waals surface area (Å²) in [5, 5.41) is 9.61. The number of quaternary nitrogens is 1. The van der Waals surface area contributed by atoms with E-state index in [2.05, 4.69) is 54.6 Å². The first-order chi connectivity index (χ1) is 22.9. The average molecular weight is 786 g/mol. The monoisotopic (exact) mass is 784 g/mol. The van der Waals surface area contributed by atoms with Crippen molar-refractivity contribution in [1.82, 2.24) is 21.3 Å². The molecule has 0 saturated carbocycles. The van der Waals surface area contributed by atoms with Gasteiger partial charge in [0, 0.05) is 22.2 Å². The Bertz CT molecular complexity index is 1500. The minimum absolute atomic E-state index is 0.104. The molecule has 0 aliphatic heterocycles. The van der Waals surface area contributed by atoms with Crippen LogP contribution in [-0.2, 0) is 41.9 Å². The number of thiol groups is 1. The van der Waals surface area contributed by atoms with Gasteiger partial charge in [0.05, 0.1) is 39.8 Å². The van der Waals surface area contributed by atoms with Gasteiger partial charge in [0.1, 0.15) is 31.8 Å². The zero-order chi connectivity index (χ0) is 36.9. The molecule has 19 heteroatoms. The largest absolute Gasteiger partial charge is 0.459 e. The molecule has 0 unspecified atom stereocenters. The standard InChI is InChI=1S/C30H35BrF5N5O7S/c1-41(2,3)11-10-37-28(44)19(40-30(46)48-13-16-6-4-5-7-18(16)31)8-9-21(42)39-20(15-49)29(45)38-12-22(43)47-14-17-23(32)25(34)27(36)26(35)24(17)33/h4-7,19-20H,8-15H2,1-3H3,(H4-,37,38,39,40,42,44,45,46,49)/p+1/t19-,20-/m0/s1. The number of rotatable bonds is 17. The number of ether oxygens (including phenoxy) is 2. The van der Waals surface area contributed by atoms with Crippen molar-refractivity contribution in [2.45, 2.75) is 38.1 Å². The first-order valence-electron chi connectivity index (χ1n) is 14.5. The Morgan fingerprint density at radius 3 is 2.00 bits per heavy atom. The van der Waals surface area contributed by atoms with Gasteiger partial charge in [0.15, 0.2) is 23.3 Å². The molecule has 4 amide bonds. The summed E-state index contributed by atoms with van der Waals surface area (Å²) in [6, 6.07) is 4.52. The zero-order valence-corrected chi connectivity index (χ0v) is 29.1. The first-order valence-corrected chi connectivity index (χ1v) is 16.0. The van der Waals surface area contributed by atoms with Crippen LogP contribution in [0, 0.1) is 29.1 Å². The third-order valence-corrected chi connectivity index (χ3v) is 7.73. The Balaban J connectivity index is 1.93. The molecule has 2 aromatic rings. The van der Waals surface area contributed by atoms with Gasteiger partial charge in [-0.05, 0) is 12.5 Å². The Labute approximate surface area is 292 Å². The summed E-state index contributed by atoms with van der Waals surface area (Å²) >= 11 is 7.35. The predicted octanol–water partition coefficient (Wildman–Crippen LogP) is 2.62. The molecule has 0 fully saturated rings. The number of carbonyl (C=O) groups is 5. The van der Waals surface area contributed by atoms with Crippen LogP contribution in [0.25, 0.3) is 0 Å². The maximum Gasteiger partial charge on any atom is 0.408 e. The molecule has 0 aliphatic rings. The summed E-state index contributed by atoms with van der Waals surface area (Å²) in [4.78, 5) is 62.7. The summed E-state index contributed by atoms with van der Waals surface area (Å²) in [5.74, 6) is -15.0. The molecule has 0 saturated heterocycles. The van der Waals surface area contributed by atoms with Crippen LogP contribution in [-0.4, -0.2) is 92.9 Å². The number of likely N-dealkylation sites (N-methyl/N-ethyl adjacent to an activating group) is 1. The second kappa shape index (κ2) is 19.3. The zero-order valence-electron chi connectivity index (χ0n) is 26.6. The van der Waals surface area contributed by atoms with E-state index in [4.69, 9.17) is 4.74 Å². The quantitative estimate of drug-likeness (QED) is 0.0414. The normalized spacial score (nSPS) is 12.4. The Hall–Kier alpha value is -3.97. The number of nitrogens with zero attached hydrogens (tertiary/aromatic N) is 1. The molecule has 0 bridgehead atoms. The van der Waals surface area contributed by atoms with E-state index in [1.165, 1.54) is 0 Å². The van der Waals surface area contributed by atoms with E-state index in [0.29, 0.717) is 21.1 Å². The maximum atomic E-state index is 13.8. The van der Waals surface area contributed by atoms with Crippen LogP contribution >= 0.6 is 28.6 Å². The molecule has 270 valence electrons. The second-order valence-corrected chi connectivity index (χ2v) is 12.7. The molecule has 0 aromatic heterocycles.